The van der Waals surface area contributed by atoms with E-state index < -0.39 is 12.0 Å². The topological polar surface area (TPSA) is 38.3 Å². The molecule has 0 saturated carbocycles. The molecule has 2 aromatic carbocycles. The van der Waals surface area contributed by atoms with E-state index in [0.29, 0.717) is 11.1 Å². The van der Waals surface area contributed by atoms with E-state index in [1.165, 1.54) is 19.2 Å². The van der Waals surface area contributed by atoms with Crippen LogP contribution < -0.4 is 5.32 Å². The van der Waals surface area contributed by atoms with E-state index in [4.69, 9.17) is 4.74 Å². The first-order chi connectivity index (χ1) is 10.0. The molecule has 21 heavy (non-hydrogen) atoms. The molecule has 3 nitrogen and oxygen atoms in total. The molecule has 2 aromatic rings. The predicted octanol–water partition coefficient (Wildman–Crippen LogP) is 4.22. The summed E-state index contributed by atoms with van der Waals surface area (Å²) in [4.78, 5) is 12.0. The van der Waals surface area contributed by atoms with Gasteiger partial charge >= 0.3 is 5.97 Å². The number of nitrogens with one attached hydrogen (secondary N) is 1. The number of halogens is 2. The number of benzene rings is 2. The van der Waals surface area contributed by atoms with Crippen LogP contribution in [0.4, 0.5) is 10.1 Å². The van der Waals surface area contributed by atoms with Crippen molar-refractivity contribution in [2.45, 2.75) is 13.0 Å². The second-order valence-electron chi connectivity index (χ2n) is 4.61. The van der Waals surface area contributed by atoms with Crippen LogP contribution in [-0.2, 0) is 9.53 Å². The Kier molecular flexibility index (Phi) is 4.96. The maximum atomic E-state index is 13.2. The number of esters is 1. The molecule has 1 N–H and O–H groups in total. The zero-order valence-electron chi connectivity index (χ0n) is 11.7. The Labute approximate surface area is 131 Å². The molecule has 0 radical (unpaired) electrons. The number of hydrogen-bond acceptors (Lipinski definition) is 3. The molecule has 0 heterocycles. The zero-order valence-corrected chi connectivity index (χ0v) is 13.3. The molecular weight excluding hydrogens is 337 g/mol. The smallest absolute Gasteiger partial charge is 0.332 e. The van der Waals surface area contributed by atoms with Crippen molar-refractivity contribution in [2.75, 3.05) is 12.4 Å². The highest BCUT2D eigenvalue weighted by Crippen LogP contribution is 2.26. The predicted molar refractivity (Wildman–Crippen MR) is 83.7 cm³/mol. The fourth-order valence-electron chi connectivity index (χ4n) is 2.09. The molecule has 0 amide bonds. The van der Waals surface area contributed by atoms with Gasteiger partial charge in [0, 0.05) is 10.2 Å². The van der Waals surface area contributed by atoms with E-state index in [1.54, 1.807) is 13.0 Å². The van der Waals surface area contributed by atoms with Gasteiger partial charge in [-0.15, -0.1) is 0 Å². The molecule has 0 spiro atoms. The Morgan fingerprint density at radius 2 is 2.05 bits per heavy atom. The number of rotatable bonds is 4. The van der Waals surface area contributed by atoms with Crippen LogP contribution in [0.3, 0.4) is 0 Å². The monoisotopic (exact) mass is 351 g/mol. The number of aryl methyl sites for hydroxylation is 1. The zero-order chi connectivity index (χ0) is 15.4. The standard InChI is InChI=1S/C16H15BrFNO2/c1-10-8-12(18)6-7-14(10)15(16(20)21-2)19-13-5-3-4-11(17)9-13/h3-9,15,19H,1-2H3. The van der Waals surface area contributed by atoms with E-state index in [9.17, 15) is 9.18 Å². The lowest BCUT2D eigenvalue weighted by molar-refractivity contribution is -0.141. The SMILES string of the molecule is COC(=O)C(Nc1cccc(Br)c1)c1ccc(F)cc1C. The third-order valence-electron chi connectivity index (χ3n) is 3.12. The summed E-state index contributed by atoms with van der Waals surface area (Å²) < 4.78 is 19.0. The van der Waals surface area contributed by atoms with Crippen LogP contribution in [0.2, 0.25) is 0 Å². The average molecular weight is 352 g/mol. The van der Waals surface area contributed by atoms with Crippen LogP contribution in [0, 0.1) is 12.7 Å². The summed E-state index contributed by atoms with van der Waals surface area (Å²) in [6.45, 7) is 1.76. The average Bonchev–Trinajstić information content (AvgIpc) is 2.45. The van der Waals surface area contributed by atoms with Gasteiger partial charge in [0.05, 0.1) is 7.11 Å². The summed E-state index contributed by atoms with van der Waals surface area (Å²) in [5, 5.41) is 3.12. The van der Waals surface area contributed by atoms with Gasteiger partial charge in [-0.2, -0.15) is 0 Å². The summed E-state index contributed by atoms with van der Waals surface area (Å²) in [6, 6.07) is 11.1. The number of carbonyl (C=O) groups is 1. The molecule has 0 aromatic heterocycles. The molecule has 0 aliphatic heterocycles. The number of carbonyl (C=O) groups excluding carboxylic acids is 1. The maximum Gasteiger partial charge on any atom is 0.332 e. The number of hydrogen-bond donors (Lipinski definition) is 1. The Hall–Kier alpha value is -1.88. The van der Waals surface area contributed by atoms with Gasteiger partial charge in [0.2, 0.25) is 0 Å². The summed E-state index contributed by atoms with van der Waals surface area (Å²) in [5.41, 5.74) is 2.14. The highest BCUT2D eigenvalue weighted by molar-refractivity contribution is 9.10. The van der Waals surface area contributed by atoms with Crippen molar-refractivity contribution in [3.8, 4) is 0 Å². The maximum absolute atomic E-state index is 13.2. The van der Waals surface area contributed by atoms with Gasteiger partial charge in [-0.3, -0.25) is 0 Å². The normalized spacial score (nSPS) is 11.8. The molecule has 1 atom stereocenters. The largest absolute Gasteiger partial charge is 0.467 e. The Bertz CT molecular complexity index is 660. The van der Waals surface area contributed by atoms with Crippen LogP contribution in [0.5, 0.6) is 0 Å². The van der Waals surface area contributed by atoms with Gasteiger partial charge in [-0.1, -0.05) is 28.1 Å². The molecule has 0 bridgehead atoms. The molecule has 0 aliphatic carbocycles. The van der Waals surface area contributed by atoms with Crippen LogP contribution in [-0.4, -0.2) is 13.1 Å². The number of methoxy groups -OCH3 is 1. The fraction of sp³-hybridized carbons (Fsp3) is 0.188. The van der Waals surface area contributed by atoms with E-state index >= 15 is 0 Å². The summed E-state index contributed by atoms with van der Waals surface area (Å²) in [7, 11) is 1.33. The number of anilines is 1. The van der Waals surface area contributed by atoms with Crippen LogP contribution in [0.15, 0.2) is 46.9 Å². The molecule has 2 rings (SSSR count). The fourth-order valence-corrected chi connectivity index (χ4v) is 2.49. The second kappa shape index (κ2) is 6.72. The van der Waals surface area contributed by atoms with Crippen molar-refractivity contribution in [1.82, 2.24) is 0 Å². The van der Waals surface area contributed by atoms with Gasteiger partial charge < -0.3 is 10.1 Å². The lowest BCUT2D eigenvalue weighted by atomic mass is 10.0. The first kappa shape index (κ1) is 15.5. The molecule has 0 aliphatic rings. The number of ether oxygens (including phenoxy) is 1. The summed E-state index contributed by atoms with van der Waals surface area (Å²) in [5.74, 6) is -0.757. The Morgan fingerprint density at radius 1 is 1.29 bits per heavy atom. The van der Waals surface area contributed by atoms with Gasteiger partial charge in [0.15, 0.2) is 6.04 Å². The van der Waals surface area contributed by atoms with Gasteiger partial charge in [0.1, 0.15) is 5.82 Å². The summed E-state index contributed by atoms with van der Waals surface area (Å²) >= 11 is 3.38. The van der Waals surface area contributed by atoms with Crippen molar-refractivity contribution in [1.29, 1.82) is 0 Å². The second-order valence-corrected chi connectivity index (χ2v) is 5.53. The van der Waals surface area contributed by atoms with Crippen molar-refractivity contribution in [3.63, 3.8) is 0 Å². The molecule has 0 saturated heterocycles. The van der Waals surface area contributed by atoms with Crippen molar-refractivity contribution in [2.24, 2.45) is 0 Å². The Balaban J connectivity index is 2.37. The van der Waals surface area contributed by atoms with Crippen molar-refractivity contribution < 1.29 is 13.9 Å². The highest BCUT2D eigenvalue weighted by atomic mass is 79.9. The van der Waals surface area contributed by atoms with Crippen molar-refractivity contribution >= 4 is 27.6 Å². The van der Waals surface area contributed by atoms with E-state index in [1.807, 2.05) is 24.3 Å². The molecule has 110 valence electrons. The van der Waals surface area contributed by atoms with Gasteiger partial charge in [-0.25, -0.2) is 9.18 Å². The van der Waals surface area contributed by atoms with E-state index in [2.05, 4.69) is 21.2 Å². The van der Waals surface area contributed by atoms with Gasteiger partial charge in [0.25, 0.3) is 0 Å². The molecule has 0 fully saturated rings. The van der Waals surface area contributed by atoms with Crippen molar-refractivity contribution in [3.05, 3.63) is 63.9 Å². The van der Waals surface area contributed by atoms with Gasteiger partial charge in [-0.05, 0) is 48.4 Å². The lowest BCUT2D eigenvalue weighted by Gasteiger charge is -2.20. The molecular formula is C16H15BrFNO2. The highest BCUT2D eigenvalue weighted by Gasteiger charge is 2.23. The summed E-state index contributed by atoms with van der Waals surface area (Å²) in [6.07, 6.45) is 0. The minimum absolute atomic E-state index is 0.331. The van der Waals surface area contributed by atoms with E-state index in [0.717, 1.165) is 10.2 Å². The van der Waals surface area contributed by atoms with Crippen LogP contribution in [0.25, 0.3) is 0 Å². The Morgan fingerprint density at radius 3 is 2.67 bits per heavy atom. The lowest BCUT2D eigenvalue weighted by Crippen LogP contribution is -2.23. The molecule has 5 heteroatoms. The first-order valence-corrected chi connectivity index (χ1v) is 7.16. The third-order valence-corrected chi connectivity index (χ3v) is 3.61. The minimum Gasteiger partial charge on any atom is -0.467 e. The van der Waals surface area contributed by atoms with Crippen LogP contribution in [0.1, 0.15) is 17.2 Å². The third kappa shape index (κ3) is 3.82. The first-order valence-electron chi connectivity index (χ1n) is 6.37. The minimum atomic E-state index is -0.690. The van der Waals surface area contributed by atoms with E-state index in [-0.39, 0.29) is 5.82 Å². The molecule has 1 unspecified atom stereocenters. The quantitative estimate of drug-likeness (QED) is 0.838. The van der Waals surface area contributed by atoms with Crippen LogP contribution >= 0.6 is 15.9 Å².